The molecule has 10 heteroatoms. The number of hydrogen-bond donors (Lipinski definition) is 0. The van der Waals surface area contributed by atoms with Crippen LogP contribution in [0.2, 0.25) is 0 Å². The van der Waals surface area contributed by atoms with E-state index in [0.717, 1.165) is 17.8 Å². The summed E-state index contributed by atoms with van der Waals surface area (Å²) in [5.41, 5.74) is 0.0421. The number of sulfonamides is 1. The van der Waals surface area contributed by atoms with Crippen LogP contribution in [0.4, 0.5) is 18.9 Å². The van der Waals surface area contributed by atoms with Crippen molar-refractivity contribution >= 4 is 15.7 Å². The molecule has 0 spiro atoms. The van der Waals surface area contributed by atoms with E-state index in [0.29, 0.717) is 19.2 Å². The summed E-state index contributed by atoms with van der Waals surface area (Å²) >= 11 is 0. The summed E-state index contributed by atoms with van der Waals surface area (Å²) in [4.78, 5) is 5.52. The van der Waals surface area contributed by atoms with E-state index in [-0.39, 0.29) is 23.7 Å². The van der Waals surface area contributed by atoms with Crippen molar-refractivity contribution in [2.75, 3.05) is 31.1 Å². The molecule has 1 fully saturated rings. The lowest BCUT2D eigenvalue weighted by Crippen LogP contribution is -2.48. The van der Waals surface area contributed by atoms with Crippen LogP contribution in [0.3, 0.4) is 0 Å². The maximum Gasteiger partial charge on any atom is 0.416 e. The maximum atomic E-state index is 12.9. The van der Waals surface area contributed by atoms with Gasteiger partial charge in [0.15, 0.2) is 0 Å². The fourth-order valence-electron chi connectivity index (χ4n) is 2.81. The summed E-state index contributed by atoms with van der Waals surface area (Å²) in [6.45, 7) is 1.01. The van der Waals surface area contributed by atoms with E-state index in [9.17, 15) is 21.6 Å². The number of rotatable bonds is 3. The zero-order chi connectivity index (χ0) is 19.7. The first kappa shape index (κ1) is 19.1. The van der Waals surface area contributed by atoms with Crippen LogP contribution < -0.4 is 4.90 Å². The Kier molecular flexibility index (Phi) is 5.08. The Morgan fingerprint density at radius 3 is 2.33 bits per heavy atom. The molecule has 2 aromatic rings. The molecule has 2 heterocycles. The smallest absolute Gasteiger partial charge is 0.368 e. The summed E-state index contributed by atoms with van der Waals surface area (Å²) in [6, 6.07) is 8.98. The third-order valence-corrected chi connectivity index (χ3v) is 6.16. The first-order valence-electron chi connectivity index (χ1n) is 8.00. The Hall–Kier alpha value is -2.64. The summed E-state index contributed by atoms with van der Waals surface area (Å²) in [5.74, 6) is 0. The Labute approximate surface area is 154 Å². The highest BCUT2D eigenvalue weighted by Gasteiger charge is 2.34. The Morgan fingerprint density at radius 1 is 1.07 bits per heavy atom. The molecule has 6 nitrogen and oxygen atoms in total. The molecule has 142 valence electrons. The van der Waals surface area contributed by atoms with Gasteiger partial charge in [0.25, 0.3) is 0 Å². The van der Waals surface area contributed by atoms with E-state index < -0.39 is 21.8 Å². The fourth-order valence-corrected chi connectivity index (χ4v) is 4.28. The van der Waals surface area contributed by atoms with Gasteiger partial charge in [0.05, 0.1) is 22.3 Å². The van der Waals surface area contributed by atoms with Gasteiger partial charge < -0.3 is 4.90 Å². The van der Waals surface area contributed by atoms with Crippen molar-refractivity contribution in [2.24, 2.45) is 0 Å². The monoisotopic (exact) mass is 396 g/mol. The molecule has 1 aliphatic heterocycles. The van der Waals surface area contributed by atoms with E-state index in [1.807, 2.05) is 11.0 Å². The number of aromatic nitrogens is 1. The first-order valence-corrected chi connectivity index (χ1v) is 9.44. The average molecular weight is 396 g/mol. The van der Waals surface area contributed by atoms with Gasteiger partial charge in [0.1, 0.15) is 11.8 Å². The number of nitrogens with zero attached hydrogens (tertiary/aromatic N) is 4. The summed E-state index contributed by atoms with van der Waals surface area (Å²) in [7, 11) is -4.01. The highest BCUT2D eigenvalue weighted by Crippen LogP contribution is 2.31. The van der Waals surface area contributed by atoms with Gasteiger partial charge in [0, 0.05) is 26.2 Å². The molecule has 1 aliphatic rings. The molecular formula is C17H15F3N4O2S. The van der Waals surface area contributed by atoms with Crippen LogP contribution >= 0.6 is 0 Å². The van der Waals surface area contributed by atoms with Crippen LogP contribution in [0.1, 0.15) is 11.3 Å². The van der Waals surface area contributed by atoms with Gasteiger partial charge in [-0.1, -0.05) is 6.07 Å². The molecule has 1 saturated heterocycles. The molecule has 0 radical (unpaired) electrons. The number of benzene rings is 1. The molecule has 0 atom stereocenters. The number of nitriles is 1. The molecule has 1 aromatic carbocycles. The SMILES string of the molecule is N#Cc1ccc(N2CCN(S(=O)(=O)c3cccc(C(F)(F)F)c3)CC2)cn1. The predicted molar refractivity (Wildman–Crippen MR) is 91.4 cm³/mol. The van der Waals surface area contributed by atoms with Gasteiger partial charge in [-0.15, -0.1) is 0 Å². The molecule has 0 saturated carbocycles. The Morgan fingerprint density at radius 2 is 1.78 bits per heavy atom. The van der Waals surface area contributed by atoms with Gasteiger partial charge in [0.2, 0.25) is 10.0 Å². The van der Waals surface area contributed by atoms with E-state index in [1.54, 1.807) is 12.1 Å². The van der Waals surface area contributed by atoms with Crippen LogP contribution in [-0.2, 0) is 16.2 Å². The normalized spacial score (nSPS) is 16.1. The largest absolute Gasteiger partial charge is 0.416 e. The number of anilines is 1. The van der Waals surface area contributed by atoms with Crippen molar-refractivity contribution in [2.45, 2.75) is 11.1 Å². The Bertz CT molecular complexity index is 961. The van der Waals surface area contributed by atoms with Gasteiger partial charge in [-0.2, -0.15) is 22.7 Å². The summed E-state index contributed by atoms with van der Waals surface area (Å²) < 4.78 is 65.1. The summed E-state index contributed by atoms with van der Waals surface area (Å²) in [5, 5.41) is 8.77. The first-order chi connectivity index (χ1) is 12.7. The van der Waals surface area contributed by atoms with Crippen LogP contribution in [-0.4, -0.2) is 43.9 Å². The number of hydrogen-bond acceptors (Lipinski definition) is 5. The van der Waals surface area contributed by atoms with Gasteiger partial charge >= 0.3 is 6.18 Å². The highest BCUT2D eigenvalue weighted by molar-refractivity contribution is 7.89. The number of alkyl halides is 3. The van der Waals surface area contributed by atoms with Crippen molar-refractivity contribution < 1.29 is 21.6 Å². The standard InChI is InChI=1S/C17H15F3N4O2S/c18-17(19,20)13-2-1-3-16(10-13)27(25,26)24-8-6-23(7-9-24)15-5-4-14(11-21)22-12-15/h1-5,10,12H,6-9H2. The van der Waals surface area contributed by atoms with Gasteiger partial charge in [-0.3, -0.25) is 0 Å². The minimum absolute atomic E-state index is 0.137. The zero-order valence-corrected chi connectivity index (χ0v) is 14.8. The minimum Gasteiger partial charge on any atom is -0.368 e. The molecule has 0 bridgehead atoms. The molecule has 27 heavy (non-hydrogen) atoms. The molecule has 1 aromatic heterocycles. The fraction of sp³-hybridized carbons (Fsp3) is 0.294. The van der Waals surface area contributed by atoms with Crippen molar-refractivity contribution in [3.05, 3.63) is 53.9 Å². The Balaban J connectivity index is 1.74. The van der Waals surface area contributed by atoms with E-state index >= 15 is 0 Å². The third kappa shape index (κ3) is 4.04. The number of halogens is 3. The van der Waals surface area contributed by atoms with E-state index in [1.165, 1.54) is 16.6 Å². The van der Waals surface area contributed by atoms with Gasteiger partial charge in [-0.05, 0) is 30.3 Å². The lowest BCUT2D eigenvalue weighted by atomic mass is 10.2. The minimum atomic E-state index is -4.60. The van der Waals surface area contributed by atoms with Crippen molar-refractivity contribution in [3.8, 4) is 6.07 Å². The number of piperazine rings is 1. The quantitative estimate of drug-likeness (QED) is 0.797. The maximum absolute atomic E-state index is 12.9. The van der Waals surface area contributed by atoms with E-state index in [2.05, 4.69) is 4.98 Å². The van der Waals surface area contributed by atoms with Crippen molar-refractivity contribution in [1.29, 1.82) is 5.26 Å². The highest BCUT2D eigenvalue weighted by atomic mass is 32.2. The van der Waals surface area contributed by atoms with Crippen LogP contribution in [0, 0.1) is 11.3 Å². The molecule has 0 N–H and O–H groups in total. The van der Waals surface area contributed by atoms with E-state index in [4.69, 9.17) is 5.26 Å². The van der Waals surface area contributed by atoms with Crippen molar-refractivity contribution in [1.82, 2.24) is 9.29 Å². The summed E-state index contributed by atoms with van der Waals surface area (Å²) in [6.07, 6.45) is -3.07. The van der Waals surface area contributed by atoms with Crippen molar-refractivity contribution in [3.63, 3.8) is 0 Å². The molecule has 0 aliphatic carbocycles. The van der Waals surface area contributed by atoms with Gasteiger partial charge in [-0.25, -0.2) is 13.4 Å². The van der Waals surface area contributed by atoms with Crippen LogP contribution in [0.15, 0.2) is 47.5 Å². The second kappa shape index (κ2) is 7.17. The lowest BCUT2D eigenvalue weighted by molar-refractivity contribution is -0.137. The number of pyridine rings is 1. The van der Waals surface area contributed by atoms with Crippen LogP contribution in [0.25, 0.3) is 0 Å². The second-order valence-electron chi connectivity index (χ2n) is 5.93. The third-order valence-electron chi connectivity index (χ3n) is 4.27. The zero-order valence-electron chi connectivity index (χ0n) is 14.0. The molecule has 0 amide bonds. The predicted octanol–water partition coefficient (Wildman–Crippen LogP) is 2.48. The lowest BCUT2D eigenvalue weighted by Gasteiger charge is -2.35. The average Bonchev–Trinajstić information content (AvgIpc) is 2.67. The molecule has 3 rings (SSSR count). The molecule has 0 unspecified atom stereocenters. The molecular weight excluding hydrogens is 381 g/mol. The topological polar surface area (TPSA) is 77.3 Å². The van der Waals surface area contributed by atoms with Crippen LogP contribution in [0.5, 0.6) is 0 Å². The second-order valence-corrected chi connectivity index (χ2v) is 7.87.